The minimum atomic E-state index is -0.467. The van der Waals surface area contributed by atoms with E-state index in [4.69, 9.17) is 10.5 Å². The van der Waals surface area contributed by atoms with Gasteiger partial charge in [-0.25, -0.2) is 4.98 Å². The van der Waals surface area contributed by atoms with Crippen LogP contribution in [0.15, 0.2) is 30.6 Å². The van der Waals surface area contributed by atoms with Crippen LogP contribution in [0.2, 0.25) is 0 Å². The molecule has 1 unspecified atom stereocenters. The van der Waals surface area contributed by atoms with Crippen LogP contribution in [0.25, 0.3) is 5.65 Å². The van der Waals surface area contributed by atoms with E-state index in [9.17, 15) is 4.79 Å². The zero-order chi connectivity index (χ0) is 14.7. The summed E-state index contributed by atoms with van der Waals surface area (Å²) in [6, 6.07) is 5.34. The molecule has 0 bridgehead atoms. The number of imidazole rings is 1. The molecule has 1 saturated heterocycles. The fourth-order valence-corrected chi connectivity index (χ4v) is 2.66. The third-order valence-electron chi connectivity index (χ3n) is 3.93. The van der Waals surface area contributed by atoms with E-state index in [1.54, 1.807) is 0 Å². The van der Waals surface area contributed by atoms with Crippen LogP contribution >= 0.6 is 24.8 Å². The van der Waals surface area contributed by atoms with Crippen molar-refractivity contribution in [3.05, 3.63) is 36.3 Å². The van der Waals surface area contributed by atoms with Crippen molar-refractivity contribution in [2.75, 3.05) is 13.2 Å². The van der Waals surface area contributed by atoms with Gasteiger partial charge in [-0.15, -0.1) is 24.8 Å². The van der Waals surface area contributed by atoms with Gasteiger partial charge in [-0.05, 0) is 30.9 Å². The van der Waals surface area contributed by atoms with Gasteiger partial charge in [0.2, 0.25) is 5.91 Å². The first-order chi connectivity index (χ1) is 10.2. The van der Waals surface area contributed by atoms with E-state index in [-0.39, 0.29) is 36.6 Å². The molecule has 3 heterocycles. The van der Waals surface area contributed by atoms with Gasteiger partial charge in [0.1, 0.15) is 5.65 Å². The van der Waals surface area contributed by atoms with Crippen LogP contribution in [0, 0.1) is 5.92 Å². The van der Waals surface area contributed by atoms with Crippen LogP contribution in [0.3, 0.4) is 0 Å². The van der Waals surface area contributed by atoms with Gasteiger partial charge < -0.3 is 20.2 Å². The Bertz CT molecular complexity index is 596. The lowest BCUT2D eigenvalue weighted by atomic mass is 9.92. The first-order valence-corrected chi connectivity index (χ1v) is 7.27. The average molecular weight is 361 g/mol. The highest BCUT2D eigenvalue weighted by atomic mass is 35.5. The molecule has 3 rings (SSSR count). The van der Waals surface area contributed by atoms with Crippen LogP contribution in [-0.2, 0) is 16.1 Å². The number of hydrogen-bond acceptors (Lipinski definition) is 4. The van der Waals surface area contributed by atoms with Crippen molar-refractivity contribution in [1.29, 1.82) is 0 Å². The van der Waals surface area contributed by atoms with Gasteiger partial charge in [-0.1, -0.05) is 6.07 Å². The first-order valence-electron chi connectivity index (χ1n) is 7.27. The maximum Gasteiger partial charge on any atom is 0.237 e. The van der Waals surface area contributed by atoms with Crippen molar-refractivity contribution in [2.24, 2.45) is 11.7 Å². The summed E-state index contributed by atoms with van der Waals surface area (Å²) in [7, 11) is 0. The number of fused-ring (bicyclic) bond motifs is 1. The summed E-state index contributed by atoms with van der Waals surface area (Å²) >= 11 is 0. The van der Waals surface area contributed by atoms with Gasteiger partial charge in [-0.3, -0.25) is 4.79 Å². The van der Waals surface area contributed by atoms with Crippen molar-refractivity contribution in [3.8, 4) is 0 Å². The number of amides is 1. The van der Waals surface area contributed by atoms with Crippen molar-refractivity contribution in [1.82, 2.24) is 14.7 Å². The fraction of sp³-hybridized carbons (Fsp3) is 0.467. The number of carbonyl (C=O) groups excluding carboxylic acids is 1. The van der Waals surface area contributed by atoms with Crippen molar-refractivity contribution < 1.29 is 9.53 Å². The van der Waals surface area contributed by atoms with Gasteiger partial charge in [0.15, 0.2) is 0 Å². The molecule has 2 aromatic heterocycles. The highest BCUT2D eigenvalue weighted by Crippen LogP contribution is 2.17. The molecule has 0 saturated carbocycles. The van der Waals surface area contributed by atoms with Gasteiger partial charge in [-0.2, -0.15) is 0 Å². The summed E-state index contributed by atoms with van der Waals surface area (Å²) < 4.78 is 7.22. The maximum absolute atomic E-state index is 12.1. The van der Waals surface area contributed by atoms with E-state index in [2.05, 4.69) is 10.3 Å². The Kier molecular flexibility index (Phi) is 7.78. The van der Waals surface area contributed by atoms with E-state index in [1.807, 2.05) is 35.0 Å². The molecule has 23 heavy (non-hydrogen) atoms. The van der Waals surface area contributed by atoms with E-state index < -0.39 is 6.04 Å². The Hall–Kier alpha value is -1.34. The van der Waals surface area contributed by atoms with Crippen LogP contribution in [0.4, 0.5) is 0 Å². The number of nitrogens with two attached hydrogens (primary N) is 1. The molecule has 0 aliphatic carbocycles. The van der Waals surface area contributed by atoms with Gasteiger partial charge in [0.05, 0.1) is 18.3 Å². The van der Waals surface area contributed by atoms with E-state index in [0.717, 1.165) is 24.2 Å². The normalized spacial score (nSPS) is 16.2. The topological polar surface area (TPSA) is 81.7 Å². The van der Waals surface area contributed by atoms with Crippen LogP contribution in [0.5, 0.6) is 0 Å². The zero-order valence-electron chi connectivity index (χ0n) is 12.7. The van der Waals surface area contributed by atoms with Gasteiger partial charge >= 0.3 is 0 Å². The number of aromatic nitrogens is 2. The van der Waals surface area contributed by atoms with Crippen molar-refractivity contribution in [2.45, 2.75) is 25.4 Å². The fourth-order valence-electron chi connectivity index (χ4n) is 2.66. The lowest BCUT2D eigenvalue weighted by Crippen LogP contribution is -2.46. The SMILES string of the molecule is Cl.Cl.NC(C(=O)NCc1cn2ccccc2n1)C1CCOCC1. The minimum Gasteiger partial charge on any atom is -0.381 e. The Morgan fingerprint density at radius 1 is 1.39 bits per heavy atom. The molecule has 8 heteroatoms. The molecule has 2 aromatic rings. The summed E-state index contributed by atoms with van der Waals surface area (Å²) in [5.74, 6) is 0.0961. The van der Waals surface area contributed by atoms with Crippen LogP contribution in [-0.4, -0.2) is 34.5 Å². The number of pyridine rings is 1. The van der Waals surface area contributed by atoms with E-state index in [0.29, 0.717) is 19.8 Å². The van der Waals surface area contributed by atoms with Crippen LogP contribution in [0.1, 0.15) is 18.5 Å². The summed E-state index contributed by atoms with van der Waals surface area (Å²) in [6.45, 7) is 1.79. The molecule has 6 nitrogen and oxygen atoms in total. The highest BCUT2D eigenvalue weighted by molar-refractivity contribution is 5.85. The zero-order valence-corrected chi connectivity index (χ0v) is 14.3. The summed E-state index contributed by atoms with van der Waals surface area (Å²) in [4.78, 5) is 16.6. The predicted octanol–water partition coefficient (Wildman–Crippen LogP) is 1.55. The molecular weight excluding hydrogens is 339 g/mol. The van der Waals surface area contributed by atoms with Gasteiger partial charge in [0.25, 0.3) is 0 Å². The number of halogens is 2. The second-order valence-electron chi connectivity index (χ2n) is 5.39. The van der Waals surface area contributed by atoms with E-state index in [1.165, 1.54) is 0 Å². The lowest BCUT2D eigenvalue weighted by molar-refractivity contribution is -0.124. The average Bonchev–Trinajstić information content (AvgIpc) is 2.95. The molecule has 3 N–H and O–H groups in total. The third kappa shape index (κ3) is 4.81. The molecule has 1 amide bonds. The number of nitrogens with one attached hydrogen (secondary N) is 1. The largest absolute Gasteiger partial charge is 0.381 e. The number of carbonyl (C=O) groups is 1. The molecule has 0 spiro atoms. The summed E-state index contributed by atoms with van der Waals surface area (Å²) in [5, 5.41) is 2.88. The smallest absolute Gasteiger partial charge is 0.237 e. The van der Waals surface area contributed by atoms with Crippen molar-refractivity contribution in [3.63, 3.8) is 0 Å². The molecule has 1 aliphatic heterocycles. The molecular formula is C15H22Cl2N4O2. The quantitative estimate of drug-likeness (QED) is 0.866. The number of nitrogens with zero attached hydrogens (tertiary/aromatic N) is 2. The molecule has 1 atom stereocenters. The lowest BCUT2D eigenvalue weighted by Gasteiger charge is -2.26. The number of rotatable bonds is 4. The molecule has 0 aromatic carbocycles. The third-order valence-corrected chi connectivity index (χ3v) is 3.93. The summed E-state index contributed by atoms with van der Waals surface area (Å²) in [5.41, 5.74) is 7.74. The molecule has 1 aliphatic rings. The number of ether oxygens (including phenoxy) is 1. The number of hydrogen-bond donors (Lipinski definition) is 2. The molecule has 1 fully saturated rings. The Morgan fingerprint density at radius 3 is 2.83 bits per heavy atom. The van der Waals surface area contributed by atoms with Gasteiger partial charge in [0, 0.05) is 25.6 Å². The Labute approximate surface area is 147 Å². The molecule has 128 valence electrons. The predicted molar refractivity (Wildman–Crippen MR) is 93.1 cm³/mol. The Balaban J connectivity index is 0.00000132. The van der Waals surface area contributed by atoms with E-state index >= 15 is 0 Å². The van der Waals surface area contributed by atoms with Crippen LogP contribution < -0.4 is 11.1 Å². The maximum atomic E-state index is 12.1. The minimum absolute atomic E-state index is 0. The first kappa shape index (κ1) is 19.7. The second-order valence-corrected chi connectivity index (χ2v) is 5.39. The molecule has 0 radical (unpaired) electrons. The monoisotopic (exact) mass is 360 g/mol. The summed E-state index contributed by atoms with van der Waals surface area (Å²) in [6.07, 6.45) is 5.54. The second kappa shape index (κ2) is 9.08. The Morgan fingerprint density at radius 2 is 2.13 bits per heavy atom. The van der Waals surface area contributed by atoms with Crippen molar-refractivity contribution >= 4 is 36.4 Å². The standard InChI is InChI=1S/C15H20N4O2.2ClH/c16-14(11-4-7-21-8-5-11)15(20)17-9-12-10-19-6-2-1-3-13(19)18-12;;/h1-3,6,10-11,14H,4-5,7-9,16H2,(H,17,20);2*1H. The highest BCUT2D eigenvalue weighted by Gasteiger charge is 2.26.